The standard InChI is InChI=1S/C28H31Cl2F2N3O3/c1-26(2,3)12-21-28(15-8-19(32)17(30)9-20(15)34-25(28)37)22(13-5-6-18(31)16(29)7-13)23(35-21)24(36)33-14-10-27(4,38)11-14/h5-9,14,21-23,35,38H,10-12H2,1-4H3,(H,33,36)(H,34,37)/t14-,21-,22+,23-,27+,28+/m1/s1. The summed E-state index contributed by atoms with van der Waals surface area (Å²) in [6, 6.07) is 5.05. The lowest BCUT2D eigenvalue weighted by molar-refractivity contribution is -0.127. The van der Waals surface area contributed by atoms with Crippen LogP contribution in [0.25, 0.3) is 0 Å². The molecule has 0 unspecified atom stereocenters. The molecule has 2 aromatic carbocycles. The Morgan fingerprint density at radius 3 is 2.39 bits per heavy atom. The van der Waals surface area contributed by atoms with Crippen LogP contribution >= 0.6 is 23.2 Å². The highest BCUT2D eigenvalue weighted by molar-refractivity contribution is 6.31. The molecule has 0 radical (unpaired) electrons. The largest absolute Gasteiger partial charge is 0.390 e. The van der Waals surface area contributed by atoms with Crippen LogP contribution in [-0.4, -0.2) is 40.6 Å². The zero-order chi connectivity index (χ0) is 27.8. The van der Waals surface area contributed by atoms with Gasteiger partial charge in [0.05, 0.1) is 21.7 Å². The van der Waals surface area contributed by atoms with Crippen molar-refractivity contribution in [3.8, 4) is 0 Å². The number of nitrogens with one attached hydrogen (secondary N) is 3. The summed E-state index contributed by atoms with van der Waals surface area (Å²) in [5, 5.41) is 19.2. The van der Waals surface area contributed by atoms with Crippen molar-refractivity contribution in [2.24, 2.45) is 5.41 Å². The fourth-order valence-corrected chi connectivity index (χ4v) is 6.89. The van der Waals surface area contributed by atoms with Gasteiger partial charge in [-0.2, -0.15) is 0 Å². The summed E-state index contributed by atoms with van der Waals surface area (Å²) in [4.78, 5) is 27.9. The van der Waals surface area contributed by atoms with Crippen LogP contribution in [0.1, 0.15) is 64.0 Å². The molecule has 10 heteroatoms. The Labute approximate surface area is 230 Å². The van der Waals surface area contributed by atoms with Crippen LogP contribution in [0.4, 0.5) is 14.5 Å². The molecule has 2 amide bonds. The van der Waals surface area contributed by atoms with Gasteiger partial charge in [-0.1, -0.05) is 50.0 Å². The number of carbonyl (C=O) groups excluding carboxylic acids is 2. The smallest absolute Gasteiger partial charge is 0.238 e. The number of benzene rings is 2. The number of halogens is 4. The summed E-state index contributed by atoms with van der Waals surface area (Å²) < 4.78 is 29.2. The number of hydrogen-bond acceptors (Lipinski definition) is 4. The number of amides is 2. The maximum absolute atomic E-state index is 14.9. The van der Waals surface area contributed by atoms with E-state index in [1.54, 1.807) is 6.92 Å². The summed E-state index contributed by atoms with van der Waals surface area (Å²) in [7, 11) is 0. The second-order valence-corrected chi connectivity index (χ2v) is 13.2. The molecule has 3 aliphatic rings. The number of aliphatic hydroxyl groups is 1. The molecule has 6 nitrogen and oxygen atoms in total. The van der Waals surface area contributed by atoms with Crippen LogP contribution in [0.5, 0.6) is 0 Å². The second-order valence-electron chi connectivity index (χ2n) is 12.4. The van der Waals surface area contributed by atoms with Gasteiger partial charge in [0.2, 0.25) is 11.8 Å². The molecule has 2 aromatic rings. The maximum atomic E-state index is 14.9. The monoisotopic (exact) mass is 565 g/mol. The molecule has 38 heavy (non-hydrogen) atoms. The SMILES string of the molecule is CC(C)(C)C[C@H]1N[C@@H](C(=O)N[C@H]2C[C@@](C)(O)C2)[C@H](c2ccc(F)c(Cl)c2)[C@@]12C(=O)Nc1cc(Cl)c(F)cc12. The predicted molar refractivity (Wildman–Crippen MR) is 142 cm³/mol. The number of carbonyl (C=O) groups is 2. The van der Waals surface area contributed by atoms with Gasteiger partial charge in [0, 0.05) is 23.7 Å². The van der Waals surface area contributed by atoms with Crippen LogP contribution in [0.3, 0.4) is 0 Å². The second kappa shape index (κ2) is 9.15. The molecule has 4 N–H and O–H groups in total. The summed E-state index contributed by atoms with van der Waals surface area (Å²) in [5.74, 6) is -2.93. The molecular formula is C28H31Cl2F2N3O3. The zero-order valence-electron chi connectivity index (χ0n) is 21.6. The first-order chi connectivity index (χ1) is 17.6. The highest BCUT2D eigenvalue weighted by atomic mass is 35.5. The molecule has 0 aromatic heterocycles. The van der Waals surface area contributed by atoms with Crippen LogP contribution in [0, 0.1) is 17.0 Å². The summed E-state index contributed by atoms with van der Waals surface area (Å²) >= 11 is 12.3. The third-order valence-electron chi connectivity index (χ3n) is 8.00. The Hall–Kier alpha value is -2.26. The van der Waals surface area contributed by atoms with Crippen LogP contribution in [0.2, 0.25) is 10.0 Å². The van der Waals surface area contributed by atoms with E-state index in [-0.39, 0.29) is 27.4 Å². The third kappa shape index (κ3) is 4.49. The van der Waals surface area contributed by atoms with Gasteiger partial charge in [0.25, 0.3) is 0 Å². The van der Waals surface area contributed by atoms with Crippen molar-refractivity contribution in [2.75, 3.05) is 5.32 Å². The number of rotatable bonds is 4. The molecule has 1 saturated heterocycles. The van der Waals surface area contributed by atoms with Crippen molar-refractivity contribution < 1.29 is 23.5 Å². The molecular weight excluding hydrogens is 535 g/mol. The highest BCUT2D eigenvalue weighted by Gasteiger charge is 2.66. The zero-order valence-corrected chi connectivity index (χ0v) is 23.1. The van der Waals surface area contributed by atoms with E-state index in [9.17, 15) is 23.5 Å². The average Bonchev–Trinajstić information content (AvgIpc) is 3.24. The van der Waals surface area contributed by atoms with E-state index in [4.69, 9.17) is 23.2 Å². The van der Waals surface area contributed by atoms with Crippen molar-refractivity contribution in [1.82, 2.24) is 10.6 Å². The minimum absolute atomic E-state index is 0.132. The number of anilines is 1. The van der Waals surface area contributed by atoms with Crippen LogP contribution in [-0.2, 0) is 15.0 Å². The van der Waals surface area contributed by atoms with Crippen molar-refractivity contribution in [1.29, 1.82) is 0 Å². The lowest BCUT2D eigenvalue weighted by Crippen LogP contribution is -2.57. The van der Waals surface area contributed by atoms with Gasteiger partial charge in [-0.25, -0.2) is 8.78 Å². The molecule has 4 atom stereocenters. The van der Waals surface area contributed by atoms with Gasteiger partial charge in [0.15, 0.2) is 0 Å². The first-order valence-electron chi connectivity index (χ1n) is 12.7. The molecule has 5 rings (SSSR count). The quantitative estimate of drug-likeness (QED) is 0.417. The van der Waals surface area contributed by atoms with E-state index in [0.717, 1.165) is 0 Å². The lowest BCUT2D eigenvalue weighted by Gasteiger charge is -2.42. The number of hydrogen-bond donors (Lipinski definition) is 4. The molecule has 204 valence electrons. The topological polar surface area (TPSA) is 90.5 Å². The first kappa shape index (κ1) is 27.3. The molecule has 2 fully saturated rings. The highest BCUT2D eigenvalue weighted by Crippen LogP contribution is 2.57. The molecule has 0 bridgehead atoms. The Morgan fingerprint density at radius 1 is 1.13 bits per heavy atom. The minimum atomic E-state index is -1.41. The molecule has 1 spiro atoms. The first-order valence-corrected chi connectivity index (χ1v) is 13.4. The Bertz CT molecular complexity index is 1320. The van der Waals surface area contributed by atoms with Crippen LogP contribution in [0.15, 0.2) is 30.3 Å². The van der Waals surface area contributed by atoms with Gasteiger partial charge in [-0.15, -0.1) is 0 Å². The van der Waals surface area contributed by atoms with Gasteiger partial charge < -0.3 is 21.1 Å². The summed E-state index contributed by atoms with van der Waals surface area (Å²) in [5.41, 5.74) is -1.30. The Kier molecular flexibility index (Phi) is 6.58. The van der Waals surface area contributed by atoms with E-state index < -0.39 is 46.6 Å². The predicted octanol–water partition coefficient (Wildman–Crippen LogP) is 5.05. The summed E-state index contributed by atoms with van der Waals surface area (Å²) in [6.45, 7) is 7.77. The average molecular weight is 566 g/mol. The Morgan fingerprint density at radius 2 is 1.79 bits per heavy atom. The van der Waals surface area contributed by atoms with Gasteiger partial charge in [0.1, 0.15) is 17.0 Å². The van der Waals surface area contributed by atoms with Gasteiger partial charge in [-0.05, 0) is 67.0 Å². The summed E-state index contributed by atoms with van der Waals surface area (Å²) in [6.07, 6.45) is 1.28. The normalized spacial score (nSPS) is 32.2. The van der Waals surface area contributed by atoms with Crippen LogP contribution < -0.4 is 16.0 Å². The van der Waals surface area contributed by atoms with Crippen molar-refractivity contribution in [3.63, 3.8) is 0 Å². The fraction of sp³-hybridized carbons (Fsp3) is 0.500. The van der Waals surface area contributed by atoms with E-state index >= 15 is 0 Å². The van der Waals surface area contributed by atoms with Crippen molar-refractivity contribution in [3.05, 3.63) is 63.1 Å². The van der Waals surface area contributed by atoms with Crippen molar-refractivity contribution in [2.45, 2.75) is 82.0 Å². The minimum Gasteiger partial charge on any atom is -0.390 e. The van der Waals surface area contributed by atoms with Crippen molar-refractivity contribution >= 4 is 40.7 Å². The van der Waals surface area contributed by atoms with E-state index in [1.807, 2.05) is 20.8 Å². The maximum Gasteiger partial charge on any atom is 0.238 e. The number of fused-ring (bicyclic) bond motifs is 2. The molecule has 1 saturated carbocycles. The van der Waals surface area contributed by atoms with E-state index in [1.165, 1.54) is 30.3 Å². The molecule has 1 aliphatic carbocycles. The molecule has 2 aliphatic heterocycles. The van der Waals surface area contributed by atoms with Gasteiger partial charge in [-0.3, -0.25) is 9.59 Å². The third-order valence-corrected chi connectivity index (χ3v) is 8.58. The van der Waals surface area contributed by atoms with E-state index in [2.05, 4.69) is 16.0 Å². The van der Waals surface area contributed by atoms with Gasteiger partial charge >= 0.3 is 0 Å². The molecule has 2 heterocycles. The van der Waals surface area contributed by atoms with E-state index in [0.29, 0.717) is 36.1 Å². The fourth-order valence-electron chi connectivity index (χ4n) is 6.53. The Balaban J connectivity index is 1.69. The lowest BCUT2D eigenvalue weighted by atomic mass is 9.62.